The van der Waals surface area contributed by atoms with Gasteiger partial charge in [0, 0.05) is 31.5 Å². The van der Waals surface area contributed by atoms with Crippen molar-refractivity contribution in [1.29, 1.82) is 0 Å². The van der Waals surface area contributed by atoms with Gasteiger partial charge in [-0.05, 0) is 61.9 Å². The number of amides is 2. The minimum Gasteiger partial charge on any atom is -0.494 e. The van der Waals surface area contributed by atoms with Crippen LogP contribution in [0.3, 0.4) is 0 Å². The van der Waals surface area contributed by atoms with E-state index in [2.05, 4.69) is 10.3 Å². The second-order valence-electron chi connectivity index (χ2n) is 9.67. The van der Waals surface area contributed by atoms with E-state index < -0.39 is 11.4 Å². The number of likely N-dealkylation sites (tertiary alicyclic amines) is 1. The summed E-state index contributed by atoms with van der Waals surface area (Å²) in [5, 5.41) is 3.11. The lowest BCUT2D eigenvalue weighted by Crippen LogP contribution is -2.45. The van der Waals surface area contributed by atoms with Gasteiger partial charge in [0.2, 0.25) is 11.8 Å². The molecule has 2 amide bonds. The minimum atomic E-state index is -0.523. The van der Waals surface area contributed by atoms with Gasteiger partial charge in [-0.3, -0.25) is 9.59 Å². The van der Waals surface area contributed by atoms with Gasteiger partial charge in [-0.1, -0.05) is 18.2 Å². The summed E-state index contributed by atoms with van der Waals surface area (Å²) in [6, 6.07) is 12.5. The molecule has 2 aliphatic heterocycles. The third kappa shape index (κ3) is 5.01. The summed E-state index contributed by atoms with van der Waals surface area (Å²) in [7, 11) is 1.43. The van der Waals surface area contributed by atoms with Crippen molar-refractivity contribution in [3.05, 3.63) is 59.7 Å². The Morgan fingerprint density at radius 1 is 1.31 bits per heavy atom. The fraction of sp³-hybridized carbons (Fsp3) is 0.444. The molecule has 0 spiro atoms. The topological polar surface area (TPSA) is 84.7 Å². The number of fused-ring (bicyclic) bond motifs is 1. The van der Waals surface area contributed by atoms with Crippen LogP contribution in [-0.2, 0) is 16.0 Å². The highest BCUT2D eigenvalue weighted by atomic mass is 19.1. The largest absolute Gasteiger partial charge is 0.494 e. The summed E-state index contributed by atoms with van der Waals surface area (Å²) in [5.74, 6) is 0.579. The fourth-order valence-electron chi connectivity index (χ4n) is 5.36. The predicted octanol–water partition coefficient (Wildman–Crippen LogP) is 4.35. The van der Waals surface area contributed by atoms with Gasteiger partial charge >= 0.3 is 0 Å². The zero-order valence-electron chi connectivity index (χ0n) is 19.9. The smallest absolute Gasteiger partial charge is 0.222 e. The van der Waals surface area contributed by atoms with E-state index in [4.69, 9.17) is 9.15 Å². The van der Waals surface area contributed by atoms with Crippen molar-refractivity contribution in [2.45, 2.75) is 56.4 Å². The van der Waals surface area contributed by atoms with Gasteiger partial charge < -0.3 is 19.4 Å². The Hall–Kier alpha value is -3.42. The number of piperidine rings is 1. The molecule has 1 N–H and O–H groups in total. The maximum Gasteiger partial charge on any atom is 0.222 e. The zero-order valence-corrected chi connectivity index (χ0v) is 19.9. The number of aromatic nitrogens is 1. The van der Waals surface area contributed by atoms with Crippen molar-refractivity contribution in [3.63, 3.8) is 0 Å². The summed E-state index contributed by atoms with van der Waals surface area (Å²) in [4.78, 5) is 31.9. The van der Waals surface area contributed by atoms with Crippen LogP contribution in [0.5, 0.6) is 5.75 Å². The highest BCUT2D eigenvalue weighted by molar-refractivity contribution is 5.80. The first-order valence-corrected chi connectivity index (χ1v) is 12.2. The zero-order chi connectivity index (χ0) is 24.4. The minimum absolute atomic E-state index is 0.0134. The Morgan fingerprint density at radius 3 is 2.94 bits per heavy atom. The van der Waals surface area contributed by atoms with Gasteiger partial charge in [-0.2, -0.15) is 0 Å². The molecule has 3 aromatic rings. The third-order valence-electron chi connectivity index (χ3n) is 7.24. The molecule has 8 heteroatoms. The SMILES string of the molecule is COc1cc(CC2(CCC(=O)N3CCCC(c4nc5ccccc5o4)C3)CCC(=O)N2)ccc1F. The summed E-state index contributed by atoms with van der Waals surface area (Å²) < 4.78 is 24.9. The molecule has 2 unspecified atom stereocenters. The Balaban J connectivity index is 1.25. The van der Waals surface area contributed by atoms with Crippen molar-refractivity contribution in [2.75, 3.05) is 20.2 Å². The number of para-hydroxylation sites is 2. The van der Waals surface area contributed by atoms with E-state index in [9.17, 15) is 14.0 Å². The molecule has 2 saturated heterocycles. The molecule has 0 saturated carbocycles. The second kappa shape index (κ2) is 9.68. The van der Waals surface area contributed by atoms with E-state index >= 15 is 0 Å². The summed E-state index contributed by atoms with van der Waals surface area (Å²) in [6.45, 7) is 1.30. The molecule has 2 fully saturated rings. The molecular formula is C27H30FN3O4. The molecule has 0 aliphatic carbocycles. The number of carbonyl (C=O) groups is 2. The average Bonchev–Trinajstić information content (AvgIpc) is 3.47. The molecule has 3 heterocycles. The summed E-state index contributed by atoms with van der Waals surface area (Å²) in [6.07, 6.45) is 4.28. The molecular weight excluding hydrogens is 449 g/mol. The van der Waals surface area contributed by atoms with Crippen molar-refractivity contribution in [2.24, 2.45) is 0 Å². The van der Waals surface area contributed by atoms with E-state index in [1.54, 1.807) is 12.1 Å². The predicted molar refractivity (Wildman–Crippen MR) is 129 cm³/mol. The molecule has 2 atom stereocenters. The molecule has 0 radical (unpaired) electrons. The molecule has 7 nitrogen and oxygen atoms in total. The number of oxazole rings is 1. The number of rotatable bonds is 7. The fourth-order valence-corrected chi connectivity index (χ4v) is 5.36. The number of methoxy groups -OCH3 is 1. The van der Waals surface area contributed by atoms with E-state index in [1.807, 2.05) is 29.2 Å². The normalized spacial score (nSPS) is 22.4. The lowest BCUT2D eigenvalue weighted by Gasteiger charge is -2.34. The van der Waals surface area contributed by atoms with Crippen LogP contribution in [0.15, 0.2) is 46.9 Å². The van der Waals surface area contributed by atoms with Crippen LogP contribution < -0.4 is 10.1 Å². The van der Waals surface area contributed by atoms with Crippen molar-refractivity contribution >= 4 is 22.9 Å². The monoisotopic (exact) mass is 479 g/mol. The first-order chi connectivity index (χ1) is 16.9. The summed E-state index contributed by atoms with van der Waals surface area (Å²) in [5.41, 5.74) is 1.95. The molecule has 35 heavy (non-hydrogen) atoms. The Labute approximate surface area is 203 Å². The van der Waals surface area contributed by atoms with Crippen LogP contribution in [0.2, 0.25) is 0 Å². The molecule has 184 valence electrons. The van der Waals surface area contributed by atoms with Gasteiger partial charge in [0.25, 0.3) is 0 Å². The number of carbonyl (C=O) groups excluding carboxylic acids is 2. The lowest BCUT2D eigenvalue weighted by molar-refractivity contribution is -0.133. The Bertz CT molecular complexity index is 1210. The standard InChI is InChI=1S/C27H30FN3O4/c1-34-23-15-18(8-9-20(23)28)16-27(12-10-24(32)30-27)13-11-25(33)31-14-4-5-19(17-31)26-29-21-6-2-3-7-22(21)35-26/h2-3,6-9,15,19H,4-5,10-14,16-17H2,1H3,(H,30,32). The molecule has 2 aliphatic rings. The number of ether oxygens (including phenoxy) is 1. The van der Waals surface area contributed by atoms with Crippen LogP contribution in [0.25, 0.3) is 11.1 Å². The third-order valence-corrected chi connectivity index (χ3v) is 7.24. The van der Waals surface area contributed by atoms with Crippen molar-refractivity contribution in [1.82, 2.24) is 15.2 Å². The highest BCUT2D eigenvalue weighted by Crippen LogP contribution is 2.33. The van der Waals surface area contributed by atoms with Gasteiger partial charge in [0.05, 0.1) is 13.0 Å². The van der Waals surface area contributed by atoms with E-state index in [-0.39, 0.29) is 23.5 Å². The van der Waals surface area contributed by atoms with Crippen molar-refractivity contribution < 1.29 is 23.1 Å². The van der Waals surface area contributed by atoms with E-state index in [1.165, 1.54) is 13.2 Å². The van der Waals surface area contributed by atoms with Gasteiger partial charge in [-0.25, -0.2) is 9.37 Å². The first-order valence-electron chi connectivity index (χ1n) is 12.2. The number of halogens is 1. The number of benzene rings is 2. The van der Waals surface area contributed by atoms with Crippen LogP contribution in [-0.4, -0.2) is 47.4 Å². The van der Waals surface area contributed by atoms with Crippen LogP contribution in [0.4, 0.5) is 4.39 Å². The maximum atomic E-state index is 13.9. The molecule has 2 aromatic carbocycles. The first kappa shape index (κ1) is 23.3. The average molecular weight is 480 g/mol. The molecule has 0 bridgehead atoms. The number of hydrogen-bond donors (Lipinski definition) is 1. The second-order valence-corrected chi connectivity index (χ2v) is 9.67. The Morgan fingerprint density at radius 2 is 2.17 bits per heavy atom. The van der Waals surface area contributed by atoms with Crippen LogP contribution >= 0.6 is 0 Å². The van der Waals surface area contributed by atoms with Crippen LogP contribution in [0.1, 0.15) is 55.9 Å². The van der Waals surface area contributed by atoms with Crippen LogP contribution in [0, 0.1) is 5.82 Å². The quantitative estimate of drug-likeness (QED) is 0.545. The lowest BCUT2D eigenvalue weighted by atomic mass is 9.84. The van der Waals surface area contributed by atoms with Gasteiger partial charge in [0.15, 0.2) is 23.0 Å². The molecule has 1 aromatic heterocycles. The number of nitrogens with one attached hydrogen (secondary N) is 1. The summed E-state index contributed by atoms with van der Waals surface area (Å²) >= 11 is 0. The maximum absolute atomic E-state index is 13.9. The highest BCUT2D eigenvalue weighted by Gasteiger charge is 2.39. The number of hydrogen-bond acceptors (Lipinski definition) is 5. The molecule has 5 rings (SSSR count). The van der Waals surface area contributed by atoms with Gasteiger partial charge in [-0.15, -0.1) is 0 Å². The van der Waals surface area contributed by atoms with E-state index in [0.29, 0.717) is 51.1 Å². The van der Waals surface area contributed by atoms with Gasteiger partial charge in [0.1, 0.15) is 5.52 Å². The van der Waals surface area contributed by atoms with E-state index in [0.717, 1.165) is 29.5 Å². The van der Waals surface area contributed by atoms with Crippen molar-refractivity contribution in [3.8, 4) is 5.75 Å². The number of nitrogens with zero attached hydrogens (tertiary/aromatic N) is 2. The Kier molecular flexibility index (Phi) is 6.45.